The van der Waals surface area contributed by atoms with Crippen LogP contribution in [-0.4, -0.2) is 133 Å². The van der Waals surface area contributed by atoms with E-state index >= 15 is 14.4 Å². The minimum absolute atomic E-state index is 0.0319. The maximum absolute atomic E-state index is 16.6. The maximum Gasteiger partial charge on any atom is 0.263 e. The molecule has 9 aliphatic heterocycles. The van der Waals surface area contributed by atoms with E-state index in [-0.39, 0.29) is 95.4 Å². The number of piperazine rings is 2. The predicted octanol–water partition coefficient (Wildman–Crippen LogP) is 13.0. The summed E-state index contributed by atoms with van der Waals surface area (Å²) in [4.78, 5) is 61.8. The highest BCUT2D eigenvalue weighted by Crippen LogP contribution is 2.66. The third kappa shape index (κ3) is 6.61. The van der Waals surface area contributed by atoms with Crippen molar-refractivity contribution < 1.29 is 23.8 Å². The van der Waals surface area contributed by atoms with Crippen LogP contribution < -0.4 is 10.5 Å². The van der Waals surface area contributed by atoms with Gasteiger partial charge in [0.2, 0.25) is 11.8 Å². The van der Waals surface area contributed by atoms with Gasteiger partial charge in [0.1, 0.15) is 0 Å². The number of anilines is 3. The molecule has 25 atom stereocenters. The molecule has 1 aromatic heterocycles. The van der Waals surface area contributed by atoms with E-state index < -0.39 is 0 Å². The molecule has 22 rings (SSSR count). The van der Waals surface area contributed by atoms with Crippen molar-refractivity contribution in [3.63, 3.8) is 0 Å². The van der Waals surface area contributed by atoms with Crippen LogP contribution in [-0.2, 0) is 29.2 Å². The highest BCUT2D eigenvalue weighted by atomic mass is 16.5. The van der Waals surface area contributed by atoms with E-state index in [9.17, 15) is 0 Å². The summed E-state index contributed by atoms with van der Waals surface area (Å²) in [7, 11) is 0. The van der Waals surface area contributed by atoms with Gasteiger partial charge < -0.3 is 28.9 Å². The van der Waals surface area contributed by atoms with Crippen molar-refractivity contribution >= 4 is 50.6 Å². The molecule has 4 aromatic carbocycles. The maximum atomic E-state index is 16.6. The highest BCUT2D eigenvalue weighted by molar-refractivity contribution is 6.15. The fraction of sp³-hybridized carbons (Fsp3) is 0.654. The number of nitrogens with zero attached hydrogens (tertiary/aromatic N) is 6. The summed E-state index contributed by atoms with van der Waals surface area (Å²) in [5.41, 5.74) is 8.91. The highest BCUT2D eigenvalue weighted by Gasteiger charge is 2.73. The zero-order valence-electron chi connectivity index (χ0n) is 52.8. The first-order valence-electron chi connectivity index (χ1n) is 37.0. The molecule has 468 valence electrons. The summed E-state index contributed by atoms with van der Waals surface area (Å²) >= 11 is 0. The first-order chi connectivity index (χ1) is 44.2. The lowest BCUT2D eigenvalue weighted by Gasteiger charge is -2.74. The summed E-state index contributed by atoms with van der Waals surface area (Å²) in [6.07, 6.45) is 27.5. The number of para-hydroxylation sites is 1. The van der Waals surface area contributed by atoms with Crippen LogP contribution in [0.15, 0.2) is 83.7 Å². The molecule has 17 aliphatic rings. The van der Waals surface area contributed by atoms with E-state index in [1.807, 2.05) is 12.1 Å². The molecule has 12 nitrogen and oxygen atoms in total. The molecule has 8 aliphatic carbocycles. The van der Waals surface area contributed by atoms with Crippen LogP contribution in [0.1, 0.15) is 184 Å². The van der Waals surface area contributed by atoms with Crippen molar-refractivity contribution in [3.05, 3.63) is 106 Å². The monoisotopic (exact) mass is 1210 g/mol. The van der Waals surface area contributed by atoms with Gasteiger partial charge in [0.25, 0.3) is 5.56 Å². The summed E-state index contributed by atoms with van der Waals surface area (Å²) in [5.74, 6) is 3.65. The number of piperidine rings is 2. The minimum Gasteiger partial charge on any atom is -0.372 e. The van der Waals surface area contributed by atoms with E-state index in [0.29, 0.717) is 77.7 Å². The average Bonchev–Trinajstić information content (AvgIpc) is 0.692. The number of carbonyl (C=O) groups excluding carboxylic acids is 2. The van der Waals surface area contributed by atoms with E-state index in [0.717, 1.165) is 129 Å². The van der Waals surface area contributed by atoms with Crippen LogP contribution >= 0.6 is 0 Å². The van der Waals surface area contributed by atoms with Crippen molar-refractivity contribution in [1.82, 2.24) is 24.2 Å². The zero-order valence-corrected chi connectivity index (χ0v) is 52.8. The Kier molecular flexibility index (Phi) is 11.2. The molecule has 5 aromatic rings. The summed E-state index contributed by atoms with van der Waals surface area (Å²) < 4.78 is 24.8. The third-order valence-electron chi connectivity index (χ3n) is 29.8. The van der Waals surface area contributed by atoms with Gasteiger partial charge in [0.05, 0.1) is 113 Å². The van der Waals surface area contributed by atoms with Crippen LogP contribution in [0, 0.1) is 47.3 Å². The Hall–Kier alpha value is -5.11. The molecule has 12 heteroatoms. The number of fused-ring (bicyclic) bond motifs is 16. The van der Waals surface area contributed by atoms with Gasteiger partial charge in [-0.25, -0.2) is 0 Å². The molecule has 0 spiro atoms. The Morgan fingerprint density at radius 1 is 0.411 bits per heavy atom. The number of carbonyl (C=O) groups is 2. The fourth-order valence-electron chi connectivity index (χ4n) is 27.1. The molecule has 0 radical (unpaired) electrons. The van der Waals surface area contributed by atoms with E-state index in [1.54, 1.807) is 0 Å². The largest absolute Gasteiger partial charge is 0.372 e. The van der Waals surface area contributed by atoms with Gasteiger partial charge in [-0.2, -0.15) is 0 Å². The summed E-state index contributed by atoms with van der Waals surface area (Å²) in [5, 5.41) is 2.86. The molecule has 2 amide bonds. The number of benzene rings is 4. The lowest BCUT2D eigenvalue weighted by molar-refractivity contribution is -0.327. The van der Waals surface area contributed by atoms with Crippen LogP contribution in [0.3, 0.4) is 0 Å². The van der Waals surface area contributed by atoms with Gasteiger partial charge in [-0.05, 0) is 203 Å². The van der Waals surface area contributed by atoms with Crippen molar-refractivity contribution in [2.24, 2.45) is 47.3 Å². The summed E-state index contributed by atoms with van der Waals surface area (Å²) in [6, 6.07) is 31.7. The third-order valence-corrected chi connectivity index (χ3v) is 29.8. The minimum atomic E-state index is -0.293. The number of amides is 2. The van der Waals surface area contributed by atoms with E-state index in [1.165, 1.54) is 80.2 Å². The van der Waals surface area contributed by atoms with Crippen molar-refractivity contribution in [1.29, 1.82) is 0 Å². The smallest absolute Gasteiger partial charge is 0.263 e. The van der Waals surface area contributed by atoms with Crippen LogP contribution in [0.5, 0.6) is 0 Å². The summed E-state index contributed by atoms with van der Waals surface area (Å²) in [6.45, 7) is 4.70. The van der Waals surface area contributed by atoms with E-state index in [2.05, 4.69) is 110 Å². The molecule has 25 unspecified atom stereocenters. The van der Waals surface area contributed by atoms with E-state index in [4.69, 9.17) is 14.2 Å². The zero-order chi connectivity index (χ0) is 59.1. The number of aromatic nitrogens is 1. The Morgan fingerprint density at radius 3 is 1.94 bits per heavy atom. The molecule has 10 heterocycles. The second-order valence-corrected chi connectivity index (χ2v) is 33.2. The molecule has 0 bridgehead atoms. The Labute approximate surface area is 529 Å². The van der Waals surface area contributed by atoms with Crippen molar-refractivity contribution in [3.8, 4) is 5.69 Å². The molecule has 8 saturated carbocycles. The van der Waals surface area contributed by atoms with Crippen LogP contribution in [0.4, 0.5) is 17.1 Å². The quantitative estimate of drug-likeness (QED) is 0.157. The Bertz CT molecular complexity index is 3970. The standard InChI is InChI=1S/C78H90N6O6/c1-78(2)50-21-5-6-22-52(50)79-58-38-39(30-35-53(58)81-67-43(31-34-51(78)69(67)79)41-14-3-4-15-45(41)75(81)85)40-16-9-19-48-64(40)47-33-37-63-73-68(47)83(77(48)87)57-36-32-44(74-71(57)84(73)72-61(89-63)28-13-29-62(72)90-74)42-17-10-20-49-65(42)46-18-11-24-55-66(46)82(76(49)86)56-25-12-27-60-70(56)80(55)54-23-7-8-26-59(54)88-60/h3-6,14-15,21-22,30-31,34-35,38,40,42,44,46-49,54-57,59-66,68,70-74H,7-13,16-20,23-29,32-33,36-37H2,1-2H3. The number of morpholine rings is 3. The molecule has 90 heavy (non-hydrogen) atoms. The lowest BCUT2D eigenvalue weighted by Crippen LogP contribution is -2.87. The molecule has 0 N–H and O–H groups in total. The fourth-order valence-corrected chi connectivity index (χ4v) is 27.1. The van der Waals surface area contributed by atoms with Crippen LogP contribution in [0.2, 0.25) is 0 Å². The lowest BCUT2D eigenvalue weighted by atomic mass is 9.51. The average molecular weight is 1210 g/mol. The molecule has 7 saturated heterocycles. The van der Waals surface area contributed by atoms with Gasteiger partial charge in [0.15, 0.2) is 0 Å². The molecule has 15 fully saturated rings. The van der Waals surface area contributed by atoms with Crippen LogP contribution in [0.25, 0.3) is 27.4 Å². The van der Waals surface area contributed by atoms with Gasteiger partial charge in [-0.1, -0.05) is 101 Å². The first kappa shape index (κ1) is 53.3. The normalized spacial score (nSPS) is 45.1. The molecular formula is C78H90N6O6. The first-order valence-corrected chi connectivity index (χ1v) is 37.0. The second kappa shape index (κ2) is 18.8. The molecular weight excluding hydrogens is 1120 g/mol. The van der Waals surface area contributed by atoms with Gasteiger partial charge in [0, 0.05) is 40.1 Å². The van der Waals surface area contributed by atoms with Gasteiger partial charge in [-0.15, -0.1) is 0 Å². The Morgan fingerprint density at radius 2 is 1.06 bits per heavy atom. The Balaban J connectivity index is 0.634. The number of hydrogen-bond donors (Lipinski definition) is 0. The van der Waals surface area contributed by atoms with Crippen molar-refractivity contribution in [2.45, 2.75) is 270 Å². The van der Waals surface area contributed by atoms with Gasteiger partial charge in [-0.3, -0.25) is 28.8 Å². The van der Waals surface area contributed by atoms with Gasteiger partial charge >= 0.3 is 0 Å². The number of ether oxygens (including phenoxy) is 3. The number of rotatable bonds is 2. The van der Waals surface area contributed by atoms with Crippen molar-refractivity contribution in [2.75, 3.05) is 4.90 Å². The number of hydrogen-bond acceptors (Lipinski definition) is 9. The number of pyridine rings is 1. The SMILES string of the molecule is CC1(C)c2ccccc2N2c3cc(C4CCCC5C(=O)N6C7CCC(C8CCCC9C(=O)N%10C%11CCCC%12OC%13CCCCC%13N(C%13CCCC(C98)C%13%10)C%12%11)C8OC9CCCC%10OC%11CCC(C54)C6C%11N(C%109)C87)ccc3-n3c(=O)c4ccccc4c4ccc1c2c43. The predicted molar refractivity (Wildman–Crippen MR) is 346 cm³/mol. The topological polar surface area (TPSA) is 100 Å². The second-order valence-electron chi connectivity index (χ2n) is 33.2.